The highest BCUT2D eigenvalue weighted by Gasteiger charge is 2.27. The second-order valence-electron chi connectivity index (χ2n) is 5.20. The summed E-state index contributed by atoms with van der Waals surface area (Å²) < 4.78 is 31.8. The molecule has 0 aliphatic heterocycles. The van der Waals surface area contributed by atoms with Gasteiger partial charge in [0.2, 0.25) is 10.0 Å². The first kappa shape index (κ1) is 16.4. The van der Waals surface area contributed by atoms with Gasteiger partial charge >= 0.3 is 5.97 Å². The van der Waals surface area contributed by atoms with Crippen LogP contribution in [0.5, 0.6) is 0 Å². The van der Waals surface area contributed by atoms with E-state index in [0.717, 1.165) is 0 Å². The van der Waals surface area contributed by atoms with Crippen LogP contribution in [0.2, 0.25) is 0 Å². The lowest BCUT2D eigenvalue weighted by atomic mass is 10.1. The maximum atomic E-state index is 12.4. The Hall–Kier alpha value is -1.64. The zero-order valence-electron chi connectivity index (χ0n) is 11.9. The largest absolute Gasteiger partial charge is 0.465 e. The van der Waals surface area contributed by atoms with Crippen LogP contribution in [0.4, 0.5) is 5.69 Å². The first-order valence-corrected chi connectivity index (χ1v) is 7.32. The van der Waals surface area contributed by atoms with Crippen molar-refractivity contribution in [3.05, 3.63) is 23.8 Å². The number of hydrogen-bond donors (Lipinski definition) is 3. The minimum Gasteiger partial charge on any atom is -0.465 e. The lowest BCUT2D eigenvalue weighted by Crippen LogP contribution is -2.41. The van der Waals surface area contributed by atoms with Crippen LogP contribution in [0.25, 0.3) is 0 Å². The number of nitrogens with one attached hydrogen (secondary N) is 2. The molecule has 0 spiro atoms. The number of nitrogens with two attached hydrogens (primary N) is 1. The van der Waals surface area contributed by atoms with Crippen molar-refractivity contribution in [3.63, 3.8) is 0 Å². The average Bonchev–Trinajstić information content (AvgIpc) is 2.34. The number of anilines is 1. The van der Waals surface area contributed by atoms with Crippen molar-refractivity contribution in [2.45, 2.75) is 31.2 Å². The van der Waals surface area contributed by atoms with E-state index in [1.807, 2.05) is 0 Å². The van der Waals surface area contributed by atoms with Crippen molar-refractivity contribution in [2.75, 3.05) is 12.5 Å². The summed E-state index contributed by atoms with van der Waals surface area (Å²) >= 11 is 0. The van der Waals surface area contributed by atoms with Crippen LogP contribution in [0.1, 0.15) is 31.1 Å². The van der Waals surface area contributed by atoms with Gasteiger partial charge in [-0.25, -0.2) is 17.9 Å². The van der Waals surface area contributed by atoms with Crippen LogP contribution in [0.15, 0.2) is 23.1 Å². The van der Waals surface area contributed by atoms with Crippen molar-refractivity contribution < 1.29 is 17.9 Å². The fraction of sp³-hybridized carbons (Fsp3) is 0.417. The second-order valence-corrected chi connectivity index (χ2v) is 6.85. The van der Waals surface area contributed by atoms with Crippen LogP contribution >= 0.6 is 0 Å². The second kappa shape index (κ2) is 5.78. The molecule has 0 amide bonds. The van der Waals surface area contributed by atoms with E-state index in [0.29, 0.717) is 5.69 Å². The molecule has 0 heterocycles. The monoisotopic (exact) mass is 301 g/mol. The zero-order chi connectivity index (χ0) is 15.6. The molecule has 1 aromatic rings. The van der Waals surface area contributed by atoms with E-state index >= 15 is 0 Å². The van der Waals surface area contributed by atoms with E-state index in [4.69, 9.17) is 5.84 Å². The average molecular weight is 301 g/mol. The standard InChI is InChI=1S/C12H19N3O4S/c1-12(2,3)15-20(17,18)10-7-8(14-13)5-6-9(10)11(16)19-4/h5-7,14-15H,13H2,1-4H3. The number of benzene rings is 1. The maximum absolute atomic E-state index is 12.4. The predicted octanol–water partition coefficient (Wildman–Crippen LogP) is 0.836. The van der Waals surface area contributed by atoms with Gasteiger partial charge < -0.3 is 10.2 Å². The smallest absolute Gasteiger partial charge is 0.339 e. The fourth-order valence-corrected chi connectivity index (χ4v) is 3.21. The lowest BCUT2D eigenvalue weighted by Gasteiger charge is -2.21. The summed E-state index contributed by atoms with van der Waals surface area (Å²) in [5.74, 6) is 4.53. The van der Waals surface area contributed by atoms with Crippen LogP contribution in [0, 0.1) is 0 Å². The number of ether oxygens (including phenoxy) is 1. The van der Waals surface area contributed by atoms with E-state index < -0.39 is 21.5 Å². The van der Waals surface area contributed by atoms with E-state index in [1.165, 1.54) is 25.3 Å². The predicted molar refractivity (Wildman–Crippen MR) is 75.7 cm³/mol. The van der Waals surface area contributed by atoms with Gasteiger partial charge in [-0.1, -0.05) is 0 Å². The van der Waals surface area contributed by atoms with E-state index in [2.05, 4.69) is 14.9 Å². The quantitative estimate of drug-likeness (QED) is 0.432. The minimum atomic E-state index is -3.88. The molecule has 1 rings (SSSR count). The van der Waals surface area contributed by atoms with Gasteiger partial charge in [0.25, 0.3) is 0 Å². The van der Waals surface area contributed by atoms with Crippen LogP contribution in [-0.2, 0) is 14.8 Å². The number of carbonyl (C=O) groups excluding carboxylic acids is 1. The molecule has 0 aliphatic rings. The van der Waals surface area contributed by atoms with Gasteiger partial charge in [-0.05, 0) is 39.0 Å². The molecule has 0 unspecified atom stereocenters. The number of rotatable bonds is 4. The summed E-state index contributed by atoms with van der Waals surface area (Å²) in [7, 11) is -2.70. The topological polar surface area (TPSA) is 111 Å². The first-order valence-electron chi connectivity index (χ1n) is 5.83. The molecule has 0 aliphatic carbocycles. The number of nitrogen functional groups attached to an aromatic ring is 1. The third-order valence-corrected chi connectivity index (χ3v) is 4.08. The van der Waals surface area contributed by atoms with Crippen molar-refractivity contribution in [3.8, 4) is 0 Å². The summed E-state index contributed by atoms with van der Waals surface area (Å²) in [5, 5.41) is 0. The Kier molecular flexibility index (Phi) is 4.74. The van der Waals surface area contributed by atoms with E-state index in [9.17, 15) is 13.2 Å². The highest BCUT2D eigenvalue weighted by Crippen LogP contribution is 2.22. The van der Waals surface area contributed by atoms with E-state index in [1.54, 1.807) is 20.8 Å². The summed E-state index contributed by atoms with van der Waals surface area (Å²) in [6.45, 7) is 5.11. The third-order valence-electron chi connectivity index (χ3n) is 2.28. The molecule has 0 bridgehead atoms. The number of methoxy groups -OCH3 is 1. The Balaban J connectivity index is 3.43. The molecular weight excluding hydrogens is 282 g/mol. The molecule has 0 saturated carbocycles. The lowest BCUT2D eigenvalue weighted by molar-refractivity contribution is 0.0596. The molecule has 4 N–H and O–H groups in total. The summed E-state index contributed by atoms with van der Waals surface area (Å²) in [6, 6.07) is 4.11. The molecule has 1 aromatic carbocycles. The number of sulfonamides is 1. The van der Waals surface area contributed by atoms with Gasteiger partial charge in [-0.2, -0.15) is 0 Å². The van der Waals surface area contributed by atoms with Gasteiger partial charge in [-0.15, -0.1) is 0 Å². The maximum Gasteiger partial charge on any atom is 0.339 e. The van der Waals surface area contributed by atoms with Crippen molar-refractivity contribution in [1.29, 1.82) is 0 Å². The Morgan fingerprint density at radius 1 is 1.30 bits per heavy atom. The SMILES string of the molecule is COC(=O)c1ccc(NN)cc1S(=O)(=O)NC(C)(C)C. The Bertz CT molecular complexity index is 606. The van der Waals surface area contributed by atoms with Gasteiger partial charge in [0.15, 0.2) is 0 Å². The van der Waals surface area contributed by atoms with Gasteiger partial charge in [-0.3, -0.25) is 5.84 Å². The molecule has 20 heavy (non-hydrogen) atoms. The van der Waals surface area contributed by atoms with E-state index in [-0.39, 0.29) is 10.5 Å². The van der Waals surface area contributed by atoms with Crippen LogP contribution in [-0.4, -0.2) is 27.0 Å². The molecular formula is C12H19N3O4S. The molecule has 8 heteroatoms. The molecule has 0 fully saturated rings. The number of esters is 1. The summed E-state index contributed by atoms with van der Waals surface area (Å²) in [5.41, 5.74) is 1.97. The number of hydrazine groups is 1. The minimum absolute atomic E-state index is 0.0525. The Morgan fingerprint density at radius 2 is 1.90 bits per heavy atom. The zero-order valence-corrected chi connectivity index (χ0v) is 12.7. The summed E-state index contributed by atoms with van der Waals surface area (Å²) in [4.78, 5) is 11.5. The first-order chi connectivity index (χ1) is 9.10. The number of hydrogen-bond acceptors (Lipinski definition) is 6. The normalized spacial score (nSPS) is 12.1. The van der Waals surface area contributed by atoms with Crippen molar-refractivity contribution >= 4 is 21.7 Å². The van der Waals surface area contributed by atoms with Crippen LogP contribution in [0.3, 0.4) is 0 Å². The highest BCUT2D eigenvalue weighted by molar-refractivity contribution is 7.89. The Labute approximate surface area is 118 Å². The number of carbonyl (C=O) groups is 1. The van der Waals surface area contributed by atoms with Crippen LogP contribution < -0.4 is 16.0 Å². The fourth-order valence-electron chi connectivity index (χ4n) is 1.57. The van der Waals surface area contributed by atoms with Crippen molar-refractivity contribution in [2.24, 2.45) is 5.84 Å². The van der Waals surface area contributed by atoms with Gasteiger partial charge in [0.1, 0.15) is 0 Å². The molecule has 0 radical (unpaired) electrons. The molecule has 0 saturated heterocycles. The molecule has 7 nitrogen and oxygen atoms in total. The summed E-state index contributed by atoms with van der Waals surface area (Å²) in [6.07, 6.45) is 0. The highest BCUT2D eigenvalue weighted by atomic mass is 32.2. The van der Waals surface area contributed by atoms with Gasteiger partial charge in [0.05, 0.1) is 17.6 Å². The van der Waals surface area contributed by atoms with Gasteiger partial charge in [0, 0.05) is 11.2 Å². The Morgan fingerprint density at radius 3 is 2.35 bits per heavy atom. The third kappa shape index (κ3) is 3.92. The molecule has 0 aromatic heterocycles. The van der Waals surface area contributed by atoms with Crippen molar-refractivity contribution in [1.82, 2.24) is 4.72 Å². The molecule has 0 atom stereocenters. The molecule has 112 valence electrons.